The molecule has 0 amide bonds. The normalized spacial score (nSPS) is 13.0. The Bertz CT molecular complexity index is 1220. The summed E-state index contributed by atoms with van der Waals surface area (Å²) in [5.74, 6) is -0.805. The number of esters is 2. The molecule has 0 fully saturated rings. The predicted molar refractivity (Wildman–Crippen MR) is 317 cm³/mol. The second-order valence-corrected chi connectivity index (χ2v) is 23.8. The van der Waals surface area contributed by atoms with Gasteiger partial charge in [-0.25, -0.2) is 4.57 Å². The Balaban J connectivity index is 3.84. The number of rotatable bonds is 63. The molecule has 0 heterocycles. The lowest BCUT2D eigenvalue weighted by Gasteiger charge is -2.19. The van der Waals surface area contributed by atoms with Gasteiger partial charge in [-0.3, -0.25) is 18.6 Å². The second kappa shape index (κ2) is 61.0. The average Bonchev–Trinajstić information content (AvgIpc) is 3.39. The van der Waals surface area contributed by atoms with Crippen molar-refractivity contribution < 1.29 is 37.6 Å². The van der Waals surface area contributed by atoms with Crippen molar-refractivity contribution in [2.45, 2.75) is 360 Å². The lowest BCUT2D eigenvalue weighted by molar-refractivity contribution is -0.161. The summed E-state index contributed by atoms with van der Waals surface area (Å²) in [6, 6.07) is 0. The largest absolute Gasteiger partial charge is 0.472 e. The van der Waals surface area contributed by atoms with Crippen LogP contribution >= 0.6 is 7.82 Å². The number of phosphoric acid groups is 1. The predicted octanol–water partition coefficient (Wildman–Crippen LogP) is 20.8. The minimum Gasteiger partial charge on any atom is -0.462 e. The van der Waals surface area contributed by atoms with Crippen molar-refractivity contribution in [1.29, 1.82) is 0 Å². The maximum absolute atomic E-state index is 12.7. The van der Waals surface area contributed by atoms with E-state index in [0.29, 0.717) is 6.42 Å². The molecular weight excluding hydrogens is 942 g/mol. The number of hydrogen-bond acceptors (Lipinski definition) is 8. The monoisotopic (exact) mass is 1070 g/mol. The second-order valence-electron chi connectivity index (χ2n) is 22.3. The van der Waals surface area contributed by atoms with Crippen molar-refractivity contribution in [3.8, 4) is 0 Å². The SMILES string of the molecule is CCCCCCCCCC/C=C\CCCCCCCCCCCCCC(=O)OC(COC(=O)CCCCCCCCCCCCCCCCCCCCCCCCCCCCCCCC)COP(=O)(O)OCCN. The number of carbonyl (C=O) groups excluding carboxylic acids is 2. The van der Waals surface area contributed by atoms with E-state index in [1.165, 1.54) is 289 Å². The van der Waals surface area contributed by atoms with Crippen LogP contribution in [-0.2, 0) is 32.7 Å². The van der Waals surface area contributed by atoms with Gasteiger partial charge in [-0.2, -0.15) is 0 Å². The molecule has 0 rings (SSSR count). The van der Waals surface area contributed by atoms with Crippen molar-refractivity contribution in [3.05, 3.63) is 12.2 Å². The number of hydrogen-bond donors (Lipinski definition) is 2. The van der Waals surface area contributed by atoms with Crippen LogP contribution in [0.2, 0.25) is 0 Å². The topological polar surface area (TPSA) is 134 Å². The van der Waals surface area contributed by atoms with E-state index in [4.69, 9.17) is 24.3 Å². The quantitative estimate of drug-likeness (QED) is 0.0264. The van der Waals surface area contributed by atoms with Crippen molar-refractivity contribution >= 4 is 19.8 Å². The maximum Gasteiger partial charge on any atom is 0.472 e. The highest BCUT2D eigenvalue weighted by Gasteiger charge is 2.26. The molecule has 0 saturated heterocycles. The summed E-state index contributed by atoms with van der Waals surface area (Å²) < 4.78 is 33.1. The molecule has 0 aromatic rings. The fraction of sp³-hybridized carbons (Fsp3) is 0.938. The Morgan fingerprint density at radius 1 is 0.392 bits per heavy atom. The molecule has 74 heavy (non-hydrogen) atoms. The van der Waals surface area contributed by atoms with E-state index in [2.05, 4.69) is 26.0 Å². The summed E-state index contributed by atoms with van der Waals surface area (Å²) in [6.07, 6.45) is 71.5. The van der Waals surface area contributed by atoms with Crippen molar-refractivity contribution in [1.82, 2.24) is 0 Å². The van der Waals surface area contributed by atoms with E-state index in [9.17, 15) is 19.0 Å². The van der Waals surface area contributed by atoms with Crippen LogP contribution in [0.25, 0.3) is 0 Å². The van der Waals surface area contributed by atoms with E-state index in [0.717, 1.165) is 32.1 Å². The molecule has 0 saturated carbocycles. The lowest BCUT2D eigenvalue weighted by Crippen LogP contribution is -2.29. The smallest absolute Gasteiger partial charge is 0.462 e. The molecule has 0 aromatic heterocycles. The van der Waals surface area contributed by atoms with Gasteiger partial charge in [-0.05, 0) is 38.5 Å². The Hall–Kier alpha value is -1.25. The minimum atomic E-state index is -4.39. The van der Waals surface area contributed by atoms with Crippen molar-refractivity contribution in [2.75, 3.05) is 26.4 Å². The van der Waals surface area contributed by atoms with Gasteiger partial charge in [0.15, 0.2) is 6.10 Å². The average molecular weight is 1070 g/mol. The molecule has 0 aliphatic rings. The third-order valence-corrected chi connectivity index (χ3v) is 15.9. The van der Waals surface area contributed by atoms with Crippen LogP contribution in [0.1, 0.15) is 354 Å². The Morgan fingerprint density at radius 3 is 0.959 bits per heavy atom. The van der Waals surface area contributed by atoms with Crippen LogP contribution < -0.4 is 5.73 Å². The number of unbranched alkanes of at least 4 members (excludes halogenated alkanes) is 48. The number of carbonyl (C=O) groups is 2. The number of nitrogens with two attached hydrogens (primary N) is 1. The summed E-state index contributed by atoms with van der Waals surface area (Å²) in [5.41, 5.74) is 5.39. The molecular formula is C64H126NO8P. The van der Waals surface area contributed by atoms with Gasteiger partial charge in [0.1, 0.15) is 6.61 Å². The Labute approximate surface area is 460 Å². The van der Waals surface area contributed by atoms with Crippen LogP contribution in [0.3, 0.4) is 0 Å². The first kappa shape index (κ1) is 72.8. The van der Waals surface area contributed by atoms with Crippen molar-refractivity contribution in [2.24, 2.45) is 5.73 Å². The molecule has 2 atom stereocenters. The van der Waals surface area contributed by atoms with Gasteiger partial charge in [0, 0.05) is 19.4 Å². The lowest BCUT2D eigenvalue weighted by atomic mass is 10.0. The van der Waals surface area contributed by atoms with Crippen LogP contribution in [-0.4, -0.2) is 49.3 Å². The van der Waals surface area contributed by atoms with Gasteiger partial charge >= 0.3 is 19.8 Å². The Morgan fingerprint density at radius 2 is 0.662 bits per heavy atom. The first-order chi connectivity index (χ1) is 36.3. The zero-order valence-electron chi connectivity index (χ0n) is 49.4. The fourth-order valence-electron chi connectivity index (χ4n) is 10.0. The van der Waals surface area contributed by atoms with Gasteiger partial charge in [-0.1, -0.05) is 315 Å². The molecule has 3 N–H and O–H groups in total. The summed E-state index contributed by atoms with van der Waals surface area (Å²) in [5, 5.41) is 0. The zero-order valence-corrected chi connectivity index (χ0v) is 50.3. The molecule has 0 bridgehead atoms. The molecule has 0 spiro atoms. The molecule has 0 aliphatic heterocycles. The van der Waals surface area contributed by atoms with Crippen LogP contribution in [0, 0.1) is 0 Å². The first-order valence-corrected chi connectivity index (χ1v) is 34.2. The first-order valence-electron chi connectivity index (χ1n) is 32.7. The van der Waals surface area contributed by atoms with Gasteiger partial charge in [0.2, 0.25) is 0 Å². The standard InChI is InChI=1S/C64H126NO8P/c1-3-5-7-9-11-13-15-17-19-21-23-25-27-28-29-30-31-32-33-35-36-38-40-42-44-46-48-50-52-54-56-63(66)70-60-62(61-72-74(68,69)71-59-58-65)73-64(67)57-55-53-51-49-47-45-43-41-39-37-34-26-24-22-20-18-16-14-12-10-8-6-4-2/h22,24,62H,3-21,23,25-61,65H2,1-2H3,(H,68,69)/b24-22-. The number of allylic oxidation sites excluding steroid dienone is 2. The number of phosphoric ester groups is 1. The highest BCUT2D eigenvalue weighted by Crippen LogP contribution is 2.43. The van der Waals surface area contributed by atoms with E-state index in [1.54, 1.807) is 0 Å². The fourth-order valence-corrected chi connectivity index (χ4v) is 10.8. The summed E-state index contributed by atoms with van der Waals surface area (Å²) in [4.78, 5) is 35.3. The van der Waals surface area contributed by atoms with Gasteiger partial charge in [0.05, 0.1) is 13.2 Å². The molecule has 9 nitrogen and oxygen atoms in total. The molecule has 0 radical (unpaired) electrons. The molecule has 0 aliphatic carbocycles. The van der Waals surface area contributed by atoms with Crippen molar-refractivity contribution in [3.63, 3.8) is 0 Å². The zero-order chi connectivity index (χ0) is 53.8. The summed E-state index contributed by atoms with van der Waals surface area (Å²) in [6.45, 7) is 3.82. The molecule has 440 valence electrons. The minimum absolute atomic E-state index is 0.0569. The Kier molecular flexibility index (Phi) is 59.9. The van der Waals surface area contributed by atoms with E-state index >= 15 is 0 Å². The van der Waals surface area contributed by atoms with E-state index < -0.39 is 26.5 Å². The summed E-state index contributed by atoms with van der Waals surface area (Å²) in [7, 11) is -4.39. The third-order valence-electron chi connectivity index (χ3n) is 14.9. The van der Waals surface area contributed by atoms with Gasteiger partial charge < -0.3 is 20.1 Å². The molecule has 0 aromatic carbocycles. The van der Waals surface area contributed by atoms with E-state index in [-0.39, 0.29) is 38.6 Å². The van der Waals surface area contributed by atoms with Crippen LogP contribution in [0.5, 0.6) is 0 Å². The van der Waals surface area contributed by atoms with Crippen LogP contribution in [0.4, 0.5) is 0 Å². The third kappa shape index (κ3) is 60.0. The highest BCUT2D eigenvalue weighted by molar-refractivity contribution is 7.47. The molecule has 10 heteroatoms. The maximum atomic E-state index is 12.7. The highest BCUT2D eigenvalue weighted by atomic mass is 31.2. The van der Waals surface area contributed by atoms with Gasteiger partial charge in [-0.15, -0.1) is 0 Å². The molecule has 2 unspecified atom stereocenters. The van der Waals surface area contributed by atoms with Crippen LogP contribution in [0.15, 0.2) is 12.2 Å². The van der Waals surface area contributed by atoms with E-state index in [1.807, 2.05) is 0 Å². The number of ether oxygens (including phenoxy) is 2. The van der Waals surface area contributed by atoms with Gasteiger partial charge in [0.25, 0.3) is 0 Å². The summed E-state index contributed by atoms with van der Waals surface area (Å²) >= 11 is 0.